The Bertz CT molecular complexity index is 1030. The van der Waals surface area contributed by atoms with Crippen LogP contribution >= 0.6 is 0 Å². The lowest BCUT2D eigenvalue weighted by Crippen LogP contribution is -2.36. The van der Waals surface area contributed by atoms with Gasteiger partial charge in [0.05, 0.1) is 25.1 Å². The second-order valence-electron chi connectivity index (χ2n) is 6.79. The predicted molar refractivity (Wildman–Crippen MR) is 105 cm³/mol. The van der Waals surface area contributed by atoms with E-state index in [1.54, 1.807) is 0 Å². The molecule has 6 heteroatoms. The SMILES string of the molecule is c1cn2c(-c3cn[nH]c3)ccc(Cc3ccc(N4CCOCC4)cc3)c2n1. The van der Waals surface area contributed by atoms with Gasteiger partial charge < -0.3 is 9.64 Å². The van der Waals surface area contributed by atoms with E-state index >= 15 is 0 Å². The van der Waals surface area contributed by atoms with E-state index in [2.05, 4.69) is 60.9 Å². The molecule has 1 aliphatic heterocycles. The third-order valence-electron chi connectivity index (χ3n) is 5.13. The van der Waals surface area contributed by atoms with Crippen molar-refractivity contribution < 1.29 is 4.74 Å². The molecule has 1 aromatic carbocycles. The van der Waals surface area contributed by atoms with Gasteiger partial charge in [0.25, 0.3) is 0 Å². The number of anilines is 1. The maximum Gasteiger partial charge on any atom is 0.140 e. The number of H-pyrrole nitrogens is 1. The highest BCUT2D eigenvalue weighted by Crippen LogP contribution is 2.24. The van der Waals surface area contributed by atoms with Gasteiger partial charge in [-0.15, -0.1) is 0 Å². The quantitative estimate of drug-likeness (QED) is 0.608. The summed E-state index contributed by atoms with van der Waals surface area (Å²) < 4.78 is 7.56. The van der Waals surface area contributed by atoms with Crippen molar-refractivity contribution in [2.45, 2.75) is 6.42 Å². The van der Waals surface area contributed by atoms with Crippen LogP contribution in [0.15, 0.2) is 61.2 Å². The van der Waals surface area contributed by atoms with Gasteiger partial charge >= 0.3 is 0 Å². The molecule has 0 unspecified atom stereocenters. The number of imidazole rings is 1. The Hall–Kier alpha value is -3.12. The number of ether oxygens (including phenoxy) is 1. The van der Waals surface area contributed by atoms with Gasteiger partial charge in [-0.2, -0.15) is 5.10 Å². The lowest BCUT2D eigenvalue weighted by Gasteiger charge is -2.28. The molecule has 0 saturated carbocycles. The third kappa shape index (κ3) is 3.08. The van der Waals surface area contributed by atoms with Crippen LogP contribution in [0.4, 0.5) is 5.69 Å². The Balaban J connectivity index is 1.42. The molecule has 27 heavy (non-hydrogen) atoms. The van der Waals surface area contributed by atoms with E-state index in [1.165, 1.54) is 16.8 Å². The van der Waals surface area contributed by atoms with Gasteiger partial charge in [0.15, 0.2) is 0 Å². The summed E-state index contributed by atoms with van der Waals surface area (Å²) in [4.78, 5) is 6.96. The Labute approximate surface area is 157 Å². The topological polar surface area (TPSA) is 58.5 Å². The van der Waals surface area contributed by atoms with E-state index in [4.69, 9.17) is 4.74 Å². The highest BCUT2D eigenvalue weighted by molar-refractivity contribution is 5.65. The monoisotopic (exact) mass is 359 g/mol. The number of nitrogens with zero attached hydrogens (tertiary/aromatic N) is 4. The Morgan fingerprint density at radius 3 is 2.67 bits per heavy atom. The van der Waals surface area contributed by atoms with Gasteiger partial charge in [-0.25, -0.2) is 4.98 Å². The molecule has 1 saturated heterocycles. The van der Waals surface area contributed by atoms with Crippen LogP contribution in [0.3, 0.4) is 0 Å². The largest absolute Gasteiger partial charge is 0.378 e. The normalized spacial score (nSPS) is 14.7. The average molecular weight is 359 g/mol. The number of pyridine rings is 1. The fraction of sp³-hybridized carbons (Fsp3) is 0.238. The van der Waals surface area contributed by atoms with E-state index in [0.717, 1.165) is 49.6 Å². The van der Waals surface area contributed by atoms with Gasteiger partial charge in [0, 0.05) is 49.4 Å². The first-order valence-electron chi connectivity index (χ1n) is 9.24. The summed E-state index contributed by atoms with van der Waals surface area (Å²) in [6, 6.07) is 13.2. The molecular formula is C21H21N5O. The van der Waals surface area contributed by atoms with Crippen molar-refractivity contribution in [1.29, 1.82) is 0 Å². The second kappa shape index (κ2) is 6.89. The minimum absolute atomic E-state index is 0.808. The molecule has 136 valence electrons. The standard InChI is InChI=1S/C21H21N5O/c1-4-19(25-9-11-27-12-10-25)5-2-16(1)13-17-3-6-20(18-14-23-24-15-18)26-8-7-22-21(17)26/h1-8,14-15H,9-13H2,(H,23,24). The number of nitrogens with one attached hydrogen (secondary N) is 1. The molecule has 1 fully saturated rings. The first kappa shape index (κ1) is 16.1. The van der Waals surface area contributed by atoms with Crippen LogP contribution in [-0.4, -0.2) is 45.9 Å². The van der Waals surface area contributed by atoms with Crippen LogP contribution in [-0.2, 0) is 11.2 Å². The highest BCUT2D eigenvalue weighted by atomic mass is 16.5. The van der Waals surface area contributed by atoms with Crippen LogP contribution in [0, 0.1) is 0 Å². The van der Waals surface area contributed by atoms with Gasteiger partial charge in [0.2, 0.25) is 0 Å². The molecule has 0 spiro atoms. The Morgan fingerprint density at radius 2 is 1.89 bits per heavy atom. The van der Waals surface area contributed by atoms with E-state index in [9.17, 15) is 0 Å². The zero-order valence-electron chi connectivity index (χ0n) is 15.0. The molecule has 3 aromatic heterocycles. The summed E-state index contributed by atoms with van der Waals surface area (Å²) >= 11 is 0. The third-order valence-corrected chi connectivity index (χ3v) is 5.13. The van der Waals surface area contributed by atoms with E-state index in [-0.39, 0.29) is 0 Å². The van der Waals surface area contributed by atoms with Gasteiger partial charge in [-0.05, 0) is 29.3 Å². The van der Waals surface area contributed by atoms with E-state index in [1.807, 2.05) is 24.8 Å². The lowest BCUT2D eigenvalue weighted by molar-refractivity contribution is 0.122. The molecule has 5 rings (SSSR count). The maximum absolute atomic E-state index is 5.44. The van der Waals surface area contributed by atoms with Crippen molar-refractivity contribution in [3.8, 4) is 11.3 Å². The minimum Gasteiger partial charge on any atom is -0.378 e. The number of benzene rings is 1. The number of rotatable bonds is 4. The van der Waals surface area contributed by atoms with Crippen LogP contribution < -0.4 is 4.90 Å². The fourth-order valence-corrected chi connectivity index (χ4v) is 3.70. The van der Waals surface area contributed by atoms with Gasteiger partial charge in [-0.3, -0.25) is 9.50 Å². The average Bonchev–Trinajstić information content (AvgIpc) is 3.42. The predicted octanol–water partition coefficient (Wildman–Crippen LogP) is 3.15. The molecule has 1 aliphatic rings. The molecule has 0 aliphatic carbocycles. The van der Waals surface area contributed by atoms with Gasteiger partial charge in [-0.1, -0.05) is 18.2 Å². The van der Waals surface area contributed by atoms with Crippen molar-refractivity contribution in [3.05, 3.63) is 72.3 Å². The van der Waals surface area contributed by atoms with Crippen molar-refractivity contribution in [2.24, 2.45) is 0 Å². The summed E-state index contributed by atoms with van der Waals surface area (Å²) in [5.41, 5.74) is 6.90. The van der Waals surface area contributed by atoms with E-state index in [0.29, 0.717) is 0 Å². The number of aromatic nitrogens is 4. The summed E-state index contributed by atoms with van der Waals surface area (Å²) in [6.45, 7) is 3.54. The second-order valence-corrected chi connectivity index (χ2v) is 6.79. The summed E-state index contributed by atoms with van der Waals surface area (Å²) in [5.74, 6) is 0. The summed E-state index contributed by atoms with van der Waals surface area (Å²) in [7, 11) is 0. The number of morpholine rings is 1. The zero-order valence-corrected chi connectivity index (χ0v) is 15.0. The van der Waals surface area contributed by atoms with Crippen LogP contribution in [0.1, 0.15) is 11.1 Å². The highest BCUT2D eigenvalue weighted by Gasteiger charge is 2.12. The van der Waals surface area contributed by atoms with E-state index < -0.39 is 0 Å². The Kier molecular flexibility index (Phi) is 4.10. The van der Waals surface area contributed by atoms with Crippen molar-refractivity contribution in [2.75, 3.05) is 31.2 Å². The fourth-order valence-electron chi connectivity index (χ4n) is 3.70. The number of fused-ring (bicyclic) bond motifs is 1. The molecule has 0 atom stereocenters. The molecule has 4 heterocycles. The maximum atomic E-state index is 5.44. The molecule has 0 bridgehead atoms. The van der Waals surface area contributed by atoms with Crippen LogP contribution in [0.25, 0.3) is 16.9 Å². The molecule has 4 aromatic rings. The van der Waals surface area contributed by atoms with Crippen LogP contribution in [0.5, 0.6) is 0 Å². The van der Waals surface area contributed by atoms with Crippen molar-refractivity contribution in [1.82, 2.24) is 19.6 Å². The number of aromatic amines is 1. The molecule has 1 N–H and O–H groups in total. The molecule has 0 radical (unpaired) electrons. The Morgan fingerprint density at radius 1 is 1.04 bits per heavy atom. The number of hydrogen-bond donors (Lipinski definition) is 1. The first-order valence-corrected chi connectivity index (χ1v) is 9.24. The van der Waals surface area contributed by atoms with Crippen molar-refractivity contribution >= 4 is 11.3 Å². The van der Waals surface area contributed by atoms with Crippen molar-refractivity contribution in [3.63, 3.8) is 0 Å². The zero-order chi connectivity index (χ0) is 18.1. The lowest BCUT2D eigenvalue weighted by atomic mass is 10.0. The van der Waals surface area contributed by atoms with Gasteiger partial charge in [0.1, 0.15) is 5.65 Å². The minimum atomic E-state index is 0.808. The number of hydrogen-bond acceptors (Lipinski definition) is 4. The summed E-state index contributed by atoms with van der Waals surface area (Å²) in [6.07, 6.45) is 8.44. The summed E-state index contributed by atoms with van der Waals surface area (Å²) in [5, 5.41) is 6.93. The molecule has 6 nitrogen and oxygen atoms in total. The van der Waals surface area contributed by atoms with Crippen LogP contribution in [0.2, 0.25) is 0 Å². The smallest absolute Gasteiger partial charge is 0.140 e. The molecule has 0 amide bonds. The first-order chi connectivity index (χ1) is 13.4. The molecular weight excluding hydrogens is 338 g/mol.